The minimum Gasteiger partial charge on any atom is -0.507 e. The summed E-state index contributed by atoms with van der Waals surface area (Å²) in [7, 11) is 2.73. The van der Waals surface area contributed by atoms with Gasteiger partial charge in [-0.15, -0.1) is 0 Å². The molecule has 0 amide bonds. The third kappa shape index (κ3) is 5.02. The maximum absolute atomic E-state index is 12.1. The second kappa shape index (κ2) is 10.9. The summed E-state index contributed by atoms with van der Waals surface area (Å²) < 4.78 is 27.6. The number of aliphatic hydroxyl groups excluding tert-OH is 3. The van der Waals surface area contributed by atoms with Crippen molar-refractivity contribution < 1.29 is 59.1 Å². The van der Waals surface area contributed by atoms with Crippen LogP contribution in [0.3, 0.4) is 0 Å². The molecule has 0 aromatic heterocycles. The Morgan fingerprint density at radius 3 is 2.49 bits per heavy atom. The average molecular weight is 573 g/mol. The van der Waals surface area contributed by atoms with Crippen LogP contribution in [-0.4, -0.2) is 99.6 Å². The Bertz CT molecular complexity index is 1420. The Morgan fingerprint density at radius 1 is 1.15 bits per heavy atom. The summed E-state index contributed by atoms with van der Waals surface area (Å²) in [6, 6.07) is 8.11. The second-order valence-corrected chi connectivity index (χ2v) is 9.59. The van der Waals surface area contributed by atoms with Crippen molar-refractivity contribution in [1.82, 2.24) is 0 Å². The van der Waals surface area contributed by atoms with Crippen molar-refractivity contribution in [3.05, 3.63) is 47.5 Å². The normalized spacial score (nSPS) is 28.7. The number of aliphatic imine (C=N–C) groups is 2. The van der Waals surface area contributed by atoms with Gasteiger partial charge < -0.3 is 54.3 Å². The SMILES string of the molecule is COc1ccc(C2C=C(O)c3c(cc(O[C@@H]4O[C@H](C(=O)O)[C@](O)(CC5=NC=NC5)[C@@H](O)[C@H]4O)c(OC)c3O)O2)cc1. The number of hydrogen-bond donors (Lipinski definition) is 6. The van der Waals surface area contributed by atoms with Gasteiger partial charge in [-0.25, -0.2) is 9.79 Å². The van der Waals surface area contributed by atoms with Crippen LogP contribution in [0.4, 0.5) is 0 Å². The molecular formula is C27H28N2O12. The van der Waals surface area contributed by atoms with Crippen molar-refractivity contribution in [1.29, 1.82) is 0 Å². The predicted octanol–water partition coefficient (Wildman–Crippen LogP) is 0.956. The first-order valence-electron chi connectivity index (χ1n) is 12.4. The lowest BCUT2D eigenvalue weighted by molar-refractivity contribution is -0.303. The zero-order chi connectivity index (χ0) is 29.5. The van der Waals surface area contributed by atoms with Gasteiger partial charge in [0.05, 0.1) is 20.8 Å². The summed E-state index contributed by atoms with van der Waals surface area (Å²) in [5.41, 5.74) is -1.63. The van der Waals surface area contributed by atoms with E-state index in [0.717, 1.165) is 0 Å². The molecule has 3 aliphatic rings. The van der Waals surface area contributed by atoms with E-state index in [-0.39, 0.29) is 40.8 Å². The minimum atomic E-state index is -2.47. The van der Waals surface area contributed by atoms with Gasteiger partial charge in [0, 0.05) is 24.3 Å². The number of carboxylic acid groups (broad SMARTS) is 1. The van der Waals surface area contributed by atoms with Crippen LogP contribution in [0.25, 0.3) is 5.76 Å². The predicted molar refractivity (Wildman–Crippen MR) is 141 cm³/mol. The van der Waals surface area contributed by atoms with Gasteiger partial charge >= 0.3 is 5.97 Å². The van der Waals surface area contributed by atoms with Gasteiger partial charge in [-0.3, -0.25) is 4.99 Å². The molecule has 0 spiro atoms. The van der Waals surface area contributed by atoms with Gasteiger partial charge in [0.2, 0.25) is 12.0 Å². The number of carboxylic acids is 1. The van der Waals surface area contributed by atoms with E-state index in [0.29, 0.717) is 11.3 Å². The number of aliphatic hydroxyl groups is 4. The van der Waals surface area contributed by atoms with Crippen molar-refractivity contribution in [3.63, 3.8) is 0 Å². The van der Waals surface area contributed by atoms with Gasteiger partial charge in [0.1, 0.15) is 53.1 Å². The van der Waals surface area contributed by atoms with Crippen LogP contribution in [0.5, 0.6) is 28.7 Å². The van der Waals surface area contributed by atoms with E-state index in [4.69, 9.17) is 23.7 Å². The van der Waals surface area contributed by atoms with Gasteiger partial charge in [-0.05, 0) is 17.7 Å². The van der Waals surface area contributed by atoms with Crippen molar-refractivity contribution in [2.75, 3.05) is 20.8 Å². The Labute approximate surface area is 233 Å². The smallest absolute Gasteiger partial charge is 0.336 e. The summed E-state index contributed by atoms with van der Waals surface area (Å²) in [6.07, 6.45) is -6.50. The molecule has 6 N–H and O–H groups in total. The highest BCUT2D eigenvalue weighted by atomic mass is 16.7. The number of rotatable bonds is 8. The fourth-order valence-corrected chi connectivity index (χ4v) is 4.95. The van der Waals surface area contributed by atoms with Gasteiger partial charge in [-0.1, -0.05) is 12.1 Å². The number of fused-ring (bicyclic) bond motifs is 1. The molecule has 2 aromatic carbocycles. The molecule has 14 heteroatoms. The van der Waals surface area contributed by atoms with E-state index in [1.54, 1.807) is 24.3 Å². The first kappa shape index (κ1) is 28.2. The molecule has 14 nitrogen and oxygen atoms in total. The number of methoxy groups -OCH3 is 2. The van der Waals surface area contributed by atoms with Crippen LogP contribution in [-0.2, 0) is 9.53 Å². The lowest BCUT2D eigenvalue weighted by Gasteiger charge is -2.46. The van der Waals surface area contributed by atoms with Crippen LogP contribution in [0.2, 0.25) is 0 Å². The van der Waals surface area contributed by atoms with Crippen molar-refractivity contribution in [2.45, 2.75) is 42.7 Å². The number of nitrogens with zero attached hydrogens (tertiary/aromatic N) is 2. The van der Waals surface area contributed by atoms with E-state index in [9.17, 15) is 35.4 Å². The molecule has 0 bridgehead atoms. The molecule has 0 radical (unpaired) electrons. The fraction of sp³-hybridized carbons (Fsp3) is 0.370. The van der Waals surface area contributed by atoms with Crippen molar-refractivity contribution in [3.8, 4) is 28.7 Å². The molecule has 0 saturated carbocycles. The monoisotopic (exact) mass is 572 g/mol. The Hall–Kier alpha value is -4.37. The van der Waals surface area contributed by atoms with Crippen molar-refractivity contribution in [2.24, 2.45) is 9.98 Å². The van der Waals surface area contributed by atoms with Crippen LogP contribution in [0, 0.1) is 0 Å². The number of aliphatic carboxylic acids is 1. The topological polar surface area (TPSA) is 209 Å². The standard InChI is InChI=1S/C27H28N2O12/c1-37-14-5-3-12(4-6-14)16-7-15(30)19-17(39-16)8-18(22(38-2)20(19)31)40-26-21(32)23(33)27(36,24(41-26)25(34)35)9-13-10-28-11-29-13/h3-8,11,16,21,23-24,26,30-33,36H,9-10H2,1-2H3,(H,34,35)/t16?,21-,23+,24-,26-,27+/m1/s1. The quantitative estimate of drug-likeness (QED) is 0.261. The molecule has 0 aliphatic carbocycles. The van der Waals surface area contributed by atoms with Crippen LogP contribution in [0.1, 0.15) is 23.7 Å². The molecule has 3 heterocycles. The van der Waals surface area contributed by atoms with E-state index in [2.05, 4.69) is 9.98 Å². The minimum absolute atomic E-state index is 0.0319. The number of phenols is 1. The van der Waals surface area contributed by atoms with Gasteiger partial charge in [0.15, 0.2) is 17.6 Å². The third-order valence-electron chi connectivity index (χ3n) is 7.04. The fourth-order valence-electron chi connectivity index (χ4n) is 4.95. The van der Waals surface area contributed by atoms with E-state index < -0.39 is 54.4 Å². The Balaban J connectivity index is 1.45. The molecule has 218 valence electrons. The number of phenolic OH excluding ortho intramolecular Hbond substituents is 1. The maximum atomic E-state index is 12.1. The molecule has 3 aliphatic heterocycles. The second-order valence-electron chi connectivity index (χ2n) is 9.59. The molecule has 1 saturated heterocycles. The number of benzene rings is 2. The summed E-state index contributed by atoms with van der Waals surface area (Å²) in [6.45, 7) is 0.0851. The Kier molecular flexibility index (Phi) is 7.48. The van der Waals surface area contributed by atoms with Crippen molar-refractivity contribution >= 4 is 23.8 Å². The molecule has 5 rings (SSSR count). The first-order valence-corrected chi connectivity index (χ1v) is 12.4. The molecule has 2 aromatic rings. The first-order chi connectivity index (χ1) is 19.6. The maximum Gasteiger partial charge on any atom is 0.336 e. The highest BCUT2D eigenvalue weighted by Gasteiger charge is 2.59. The highest BCUT2D eigenvalue weighted by Crippen LogP contribution is 2.51. The van der Waals surface area contributed by atoms with Gasteiger partial charge in [0.25, 0.3) is 0 Å². The highest BCUT2D eigenvalue weighted by molar-refractivity contribution is 5.97. The van der Waals surface area contributed by atoms with Gasteiger partial charge in [-0.2, -0.15) is 0 Å². The van der Waals surface area contributed by atoms with E-state index in [1.165, 1.54) is 32.7 Å². The lowest BCUT2D eigenvalue weighted by Crippen LogP contribution is -2.69. The van der Waals surface area contributed by atoms with Crippen LogP contribution < -0.4 is 18.9 Å². The van der Waals surface area contributed by atoms with Crippen LogP contribution in [0.15, 0.2) is 46.4 Å². The van der Waals surface area contributed by atoms with Crippen LogP contribution >= 0.6 is 0 Å². The van der Waals surface area contributed by atoms with E-state index in [1.807, 2.05) is 0 Å². The number of hydrogen-bond acceptors (Lipinski definition) is 13. The number of carbonyl (C=O) groups is 1. The zero-order valence-electron chi connectivity index (χ0n) is 21.9. The Morgan fingerprint density at radius 2 is 1.88 bits per heavy atom. The number of ether oxygens (including phenoxy) is 5. The summed E-state index contributed by atoms with van der Waals surface area (Å²) >= 11 is 0. The molecule has 1 unspecified atom stereocenters. The summed E-state index contributed by atoms with van der Waals surface area (Å²) in [5.74, 6) is -2.51. The molecule has 41 heavy (non-hydrogen) atoms. The molecule has 1 fully saturated rings. The third-order valence-corrected chi connectivity index (χ3v) is 7.04. The molecular weight excluding hydrogens is 544 g/mol. The largest absolute Gasteiger partial charge is 0.507 e. The average Bonchev–Trinajstić information content (AvgIpc) is 3.46. The van der Waals surface area contributed by atoms with E-state index >= 15 is 0 Å². The summed E-state index contributed by atoms with van der Waals surface area (Å²) in [5, 5.41) is 64.3. The lowest BCUT2D eigenvalue weighted by atomic mass is 9.80. The zero-order valence-corrected chi connectivity index (χ0v) is 21.9. The molecule has 6 atom stereocenters. The summed E-state index contributed by atoms with van der Waals surface area (Å²) in [4.78, 5) is 19.9. The number of aromatic hydroxyl groups is 1.